The standard InChI is InChI=1S/C18H22N2O2S/c1-2-20(13-15-9-6-10-22-15)18(21)16-12-19-17(23-16)11-14-7-4-3-5-8-14/h3-5,7-8,12,15H,2,6,9-11,13H2,1H3. The minimum atomic E-state index is 0.0693. The van der Waals surface area contributed by atoms with Gasteiger partial charge in [-0.25, -0.2) is 4.98 Å². The lowest BCUT2D eigenvalue weighted by molar-refractivity contribution is 0.0542. The van der Waals surface area contributed by atoms with Crippen LogP contribution < -0.4 is 0 Å². The van der Waals surface area contributed by atoms with E-state index < -0.39 is 0 Å². The number of amides is 1. The van der Waals surface area contributed by atoms with Gasteiger partial charge in [0, 0.05) is 26.1 Å². The zero-order valence-corrected chi connectivity index (χ0v) is 14.2. The quantitative estimate of drug-likeness (QED) is 0.815. The van der Waals surface area contributed by atoms with Gasteiger partial charge in [-0.3, -0.25) is 4.79 Å². The van der Waals surface area contributed by atoms with Gasteiger partial charge < -0.3 is 9.64 Å². The molecule has 5 heteroatoms. The topological polar surface area (TPSA) is 42.4 Å². The van der Waals surface area contributed by atoms with E-state index in [-0.39, 0.29) is 12.0 Å². The number of benzene rings is 1. The van der Waals surface area contributed by atoms with E-state index in [4.69, 9.17) is 4.74 Å². The maximum absolute atomic E-state index is 12.7. The number of likely N-dealkylation sites (N-methyl/N-ethyl adjacent to an activating group) is 1. The first-order valence-electron chi connectivity index (χ1n) is 8.15. The molecular formula is C18H22N2O2S. The van der Waals surface area contributed by atoms with E-state index in [0.29, 0.717) is 13.1 Å². The Hall–Kier alpha value is -1.72. The summed E-state index contributed by atoms with van der Waals surface area (Å²) >= 11 is 1.49. The van der Waals surface area contributed by atoms with Crippen LogP contribution >= 0.6 is 11.3 Å². The van der Waals surface area contributed by atoms with Crippen LogP contribution in [-0.2, 0) is 11.2 Å². The van der Waals surface area contributed by atoms with Gasteiger partial charge in [0.1, 0.15) is 4.88 Å². The van der Waals surface area contributed by atoms with Gasteiger partial charge in [-0.05, 0) is 25.3 Å². The zero-order valence-electron chi connectivity index (χ0n) is 13.4. The summed E-state index contributed by atoms with van der Waals surface area (Å²) < 4.78 is 5.65. The minimum absolute atomic E-state index is 0.0693. The van der Waals surface area contributed by atoms with Gasteiger partial charge in [-0.2, -0.15) is 0 Å². The maximum Gasteiger partial charge on any atom is 0.265 e. The van der Waals surface area contributed by atoms with Crippen molar-refractivity contribution >= 4 is 17.2 Å². The van der Waals surface area contributed by atoms with Gasteiger partial charge in [0.2, 0.25) is 0 Å². The number of carbonyl (C=O) groups is 1. The molecule has 1 aromatic carbocycles. The van der Waals surface area contributed by atoms with Crippen LogP contribution in [0, 0.1) is 0 Å². The summed E-state index contributed by atoms with van der Waals surface area (Å²) in [6, 6.07) is 10.2. The van der Waals surface area contributed by atoms with Crippen molar-refractivity contribution < 1.29 is 9.53 Å². The average molecular weight is 330 g/mol. The van der Waals surface area contributed by atoms with Crippen LogP contribution in [0.3, 0.4) is 0 Å². The first-order chi connectivity index (χ1) is 11.3. The highest BCUT2D eigenvalue weighted by molar-refractivity contribution is 7.13. The van der Waals surface area contributed by atoms with E-state index in [1.54, 1.807) is 6.20 Å². The second kappa shape index (κ2) is 7.70. The monoisotopic (exact) mass is 330 g/mol. The van der Waals surface area contributed by atoms with Crippen molar-refractivity contribution in [3.8, 4) is 0 Å². The molecule has 0 spiro atoms. The summed E-state index contributed by atoms with van der Waals surface area (Å²) in [4.78, 5) is 19.7. The first-order valence-corrected chi connectivity index (χ1v) is 8.97. The van der Waals surface area contributed by atoms with E-state index in [2.05, 4.69) is 17.1 Å². The molecule has 1 atom stereocenters. The SMILES string of the molecule is CCN(CC1CCCO1)C(=O)c1cnc(Cc2ccccc2)s1. The highest BCUT2D eigenvalue weighted by Crippen LogP contribution is 2.20. The zero-order chi connectivity index (χ0) is 16.1. The molecule has 0 bridgehead atoms. The number of nitrogens with zero attached hydrogens (tertiary/aromatic N) is 2. The predicted octanol–water partition coefficient (Wildman–Crippen LogP) is 3.38. The third-order valence-electron chi connectivity index (χ3n) is 4.08. The summed E-state index contributed by atoms with van der Waals surface area (Å²) in [6.07, 6.45) is 4.82. The molecule has 1 aliphatic heterocycles. The van der Waals surface area contributed by atoms with Crippen LogP contribution in [-0.4, -0.2) is 41.6 Å². The number of ether oxygens (including phenoxy) is 1. The van der Waals surface area contributed by atoms with Gasteiger partial charge in [-0.15, -0.1) is 11.3 Å². The van der Waals surface area contributed by atoms with Gasteiger partial charge in [0.15, 0.2) is 0 Å². The summed E-state index contributed by atoms with van der Waals surface area (Å²) in [6.45, 7) is 4.21. The van der Waals surface area contributed by atoms with Crippen LogP contribution in [0.4, 0.5) is 0 Å². The van der Waals surface area contributed by atoms with Crippen LogP contribution in [0.15, 0.2) is 36.5 Å². The smallest absolute Gasteiger partial charge is 0.265 e. The average Bonchev–Trinajstić information content (AvgIpc) is 3.25. The molecule has 2 heterocycles. The van der Waals surface area contributed by atoms with Crippen LogP contribution in [0.25, 0.3) is 0 Å². The molecule has 1 fully saturated rings. The van der Waals surface area contributed by atoms with E-state index in [0.717, 1.165) is 35.8 Å². The number of rotatable bonds is 6. The van der Waals surface area contributed by atoms with Crippen molar-refractivity contribution in [3.05, 3.63) is 52.0 Å². The molecule has 3 rings (SSSR count). The van der Waals surface area contributed by atoms with E-state index in [1.165, 1.54) is 16.9 Å². The molecule has 0 aliphatic carbocycles. The van der Waals surface area contributed by atoms with Crippen molar-refractivity contribution in [2.45, 2.75) is 32.3 Å². The largest absolute Gasteiger partial charge is 0.376 e. The molecule has 1 unspecified atom stereocenters. The van der Waals surface area contributed by atoms with Crippen molar-refractivity contribution in [2.24, 2.45) is 0 Å². The van der Waals surface area contributed by atoms with Gasteiger partial charge in [-0.1, -0.05) is 30.3 Å². The third kappa shape index (κ3) is 4.18. The van der Waals surface area contributed by atoms with Crippen LogP contribution in [0.5, 0.6) is 0 Å². The Morgan fingerprint density at radius 2 is 2.22 bits per heavy atom. The summed E-state index contributed by atoms with van der Waals surface area (Å²) in [5.74, 6) is 0.0693. The number of thiazole rings is 1. The van der Waals surface area contributed by atoms with Crippen molar-refractivity contribution in [3.63, 3.8) is 0 Å². The molecule has 0 saturated carbocycles. The van der Waals surface area contributed by atoms with Crippen LogP contribution in [0.2, 0.25) is 0 Å². The Labute approximate surface area is 141 Å². The molecule has 0 radical (unpaired) electrons. The van der Waals surface area contributed by atoms with Gasteiger partial charge in [0.25, 0.3) is 5.91 Å². The molecule has 1 aliphatic rings. The number of carbonyl (C=O) groups excluding carboxylic acids is 1. The third-order valence-corrected chi connectivity index (χ3v) is 5.06. The van der Waals surface area contributed by atoms with E-state index >= 15 is 0 Å². The van der Waals surface area contributed by atoms with Crippen molar-refractivity contribution in [1.29, 1.82) is 0 Å². The molecule has 2 aromatic rings. The van der Waals surface area contributed by atoms with Crippen molar-refractivity contribution in [2.75, 3.05) is 19.7 Å². The second-order valence-corrected chi connectivity index (χ2v) is 6.87. The normalized spacial score (nSPS) is 17.3. The lowest BCUT2D eigenvalue weighted by Crippen LogP contribution is -2.36. The molecule has 1 amide bonds. The number of aromatic nitrogens is 1. The second-order valence-electron chi connectivity index (χ2n) is 5.76. The fourth-order valence-electron chi connectivity index (χ4n) is 2.81. The Bertz CT molecular complexity index is 635. The van der Waals surface area contributed by atoms with E-state index in [1.807, 2.05) is 30.0 Å². The summed E-state index contributed by atoms with van der Waals surface area (Å²) in [5.41, 5.74) is 1.22. The number of hydrogen-bond donors (Lipinski definition) is 0. The Balaban J connectivity index is 1.64. The molecule has 4 nitrogen and oxygen atoms in total. The Morgan fingerprint density at radius 3 is 2.91 bits per heavy atom. The van der Waals surface area contributed by atoms with E-state index in [9.17, 15) is 4.79 Å². The highest BCUT2D eigenvalue weighted by Gasteiger charge is 2.23. The lowest BCUT2D eigenvalue weighted by Gasteiger charge is -2.23. The molecule has 23 heavy (non-hydrogen) atoms. The molecule has 1 saturated heterocycles. The molecule has 1 aromatic heterocycles. The first kappa shape index (κ1) is 16.1. The molecule has 122 valence electrons. The Morgan fingerprint density at radius 1 is 1.39 bits per heavy atom. The van der Waals surface area contributed by atoms with Crippen molar-refractivity contribution in [1.82, 2.24) is 9.88 Å². The number of hydrogen-bond acceptors (Lipinski definition) is 4. The summed E-state index contributed by atoms with van der Waals surface area (Å²) in [5, 5.41) is 0.979. The Kier molecular flexibility index (Phi) is 5.41. The predicted molar refractivity (Wildman–Crippen MR) is 91.9 cm³/mol. The van der Waals surface area contributed by atoms with Gasteiger partial charge in [0.05, 0.1) is 17.3 Å². The molecular weight excluding hydrogens is 308 g/mol. The van der Waals surface area contributed by atoms with Gasteiger partial charge >= 0.3 is 0 Å². The highest BCUT2D eigenvalue weighted by atomic mass is 32.1. The maximum atomic E-state index is 12.7. The fraction of sp³-hybridized carbons (Fsp3) is 0.444. The van der Waals surface area contributed by atoms with Crippen LogP contribution in [0.1, 0.15) is 40.0 Å². The lowest BCUT2D eigenvalue weighted by atomic mass is 10.2. The molecule has 0 N–H and O–H groups in total. The minimum Gasteiger partial charge on any atom is -0.376 e. The fourth-order valence-corrected chi connectivity index (χ4v) is 3.73. The summed E-state index contributed by atoms with van der Waals surface area (Å²) in [7, 11) is 0.